The summed E-state index contributed by atoms with van der Waals surface area (Å²) in [6.07, 6.45) is 1.24. The Hall–Kier alpha value is -1.56. The normalized spacial score (nSPS) is 17.2. The van der Waals surface area contributed by atoms with E-state index in [2.05, 4.69) is 15.0 Å². The van der Waals surface area contributed by atoms with E-state index in [4.69, 9.17) is 9.84 Å². The molecule has 0 aliphatic carbocycles. The number of carboxylic acid groups (broad SMARTS) is 1. The molecule has 2 heterocycles. The average molecular weight is 305 g/mol. The van der Waals surface area contributed by atoms with Gasteiger partial charge in [0.2, 0.25) is 0 Å². The lowest BCUT2D eigenvalue weighted by atomic mass is 10.5. The molecule has 10 nitrogen and oxygen atoms in total. The van der Waals surface area contributed by atoms with Gasteiger partial charge >= 0.3 is 5.97 Å². The molecule has 0 atom stereocenters. The molecule has 1 aromatic heterocycles. The third kappa shape index (κ3) is 3.72. The zero-order valence-corrected chi connectivity index (χ0v) is 11.4. The predicted molar refractivity (Wildman–Crippen MR) is 66.3 cm³/mol. The number of aromatic nitrogens is 3. The number of rotatable bonds is 6. The molecule has 20 heavy (non-hydrogen) atoms. The van der Waals surface area contributed by atoms with Gasteiger partial charge in [0.15, 0.2) is 5.69 Å². The highest BCUT2D eigenvalue weighted by Crippen LogP contribution is 2.02. The molecule has 0 bridgehead atoms. The molecule has 0 aromatic carbocycles. The van der Waals surface area contributed by atoms with Crippen LogP contribution in [0.1, 0.15) is 10.5 Å². The highest BCUT2D eigenvalue weighted by molar-refractivity contribution is 7.87. The molecule has 1 saturated heterocycles. The van der Waals surface area contributed by atoms with Crippen LogP contribution < -0.4 is 4.72 Å². The van der Waals surface area contributed by atoms with Crippen molar-refractivity contribution in [2.45, 2.75) is 6.54 Å². The van der Waals surface area contributed by atoms with E-state index in [0.717, 1.165) is 0 Å². The number of nitrogens with zero attached hydrogens (tertiary/aromatic N) is 4. The van der Waals surface area contributed by atoms with Crippen LogP contribution in [0, 0.1) is 0 Å². The average Bonchev–Trinajstić information content (AvgIpc) is 2.89. The Balaban J connectivity index is 1.83. The second kappa shape index (κ2) is 6.26. The van der Waals surface area contributed by atoms with E-state index in [1.54, 1.807) is 0 Å². The zero-order chi connectivity index (χ0) is 14.6. The van der Waals surface area contributed by atoms with E-state index in [1.807, 2.05) is 0 Å². The Morgan fingerprint density at radius 2 is 2.15 bits per heavy atom. The molecule has 0 unspecified atom stereocenters. The maximum Gasteiger partial charge on any atom is 0.358 e. The third-order valence-electron chi connectivity index (χ3n) is 2.69. The molecular formula is C9H15N5O5S. The van der Waals surface area contributed by atoms with Gasteiger partial charge in [-0.3, -0.25) is 4.68 Å². The molecule has 2 N–H and O–H groups in total. The molecule has 112 valence electrons. The topological polar surface area (TPSA) is 127 Å². The maximum atomic E-state index is 11.9. The summed E-state index contributed by atoms with van der Waals surface area (Å²) in [6.45, 7) is 1.70. The lowest BCUT2D eigenvalue weighted by molar-refractivity contribution is 0.0690. The number of hydrogen-bond acceptors (Lipinski definition) is 6. The molecule has 1 aliphatic heterocycles. The monoisotopic (exact) mass is 305 g/mol. The maximum absolute atomic E-state index is 11.9. The van der Waals surface area contributed by atoms with E-state index in [1.165, 1.54) is 15.2 Å². The van der Waals surface area contributed by atoms with Crippen LogP contribution in [0.5, 0.6) is 0 Å². The summed E-state index contributed by atoms with van der Waals surface area (Å²) >= 11 is 0. The molecule has 0 amide bonds. The molecule has 1 aromatic rings. The van der Waals surface area contributed by atoms with Gasteiger partial charge in [0.25, 0.3) is 10.2 Å². The SMILES string of the molecule is O=C(O)c1cn(CCNS(=O)(=O)N2CCOCC2)nn1. The minimum Gasteiger partial charge on any atom is -0.476 e. The minimum atomic E-state index is -3.54. The number of aromatic carboxylic acids is 1. The van der Waals surface area contributed by atoms with Crippen molar-refractivity contribution in [2.75, 3.05) is 32.8 Å². The van der Waals surface area contributed by atoms with Crippen molar-refractivity contribution in [2.24, 2.45) is 0 Å². The lowest BCUT2D eigenvalue weighted by Gasteiger charge is -2.26. The first-order valence-corrected chi connectivity index (χ1v) is 7.39. The number of nitrogens with one attached hydrogen (secondary N) is 1. The third-order valence-corrected chi connectivity index (χ3v) is 4.31. The Bertz CT molecular complexity index is 565. The van der Waals surface area contributed by atoms with Gasteiger partial charge in [0.1, 0.15) is 0 Å². The Kier molecular flexibility index (Phi) is 4.65. The first-order valence-electron chi connectivity index (χ1n) is 5.95. The summed E-state index contributed by atoms with van der Waals surface area (Å²) < 4.78 is 33.9. The second-order valence-corrected chi connectivity index (χ2v) is 5.84. The van der Waals surface area contributed by atoms with Crippen LogP contribution >= 0.6 is 0 Å². The van der Waals surface area contributed by atoms with Crippen LogP contribution in [0.25, 0.3) is 0 Å². The van der Waals surface area contributed by atoms with Crippen molar-refractivity contribution in [1.82, 2.24) is 24.0 Å². The molecule has 1 aliphatic rings. The Labute approximate surface area is 115 Å². The van der Waals surface area contributed by atoms with Gasteiger partial charge in [0.05, 0.1) is 26.0 Å². The molecule has 0 saturated carbocycles. The van der Waals surface area contributed by atoms with Crippen molar-refractivity contribution >= 4 is 16.2 Å². The highest BCUT2D eigenvalue weighted by Gasteiger charge is 2.23. The number of morpholine rings is 1. The van der Waals surface area contributed by atoms with Crippen LogP contribution in [-0.2, 0) is 21.5 Å². The van der Waals surface area contributed by atoms with E-state index >= 15 is 0 Å². The van der Waals surface area contributed by atoms with Crippen LogP contribution in [0.15, 0.2) is 6.20 Å². The standard InChI is InChI=1S/C9H15N5O5S/c15-9(16)8-7-13(12-11-8)2-1-10-20(17,18)14-3-5-19-6-4-14/h7,10H,1-6H2,(H,15,16). The van der Waals surface area contributed by atoms with Crippen molar-refractivity contribution in [3.8, 4) is 0 Å². The Morgan fingerprint density at radius 3 is 2.75 bits per heavy atom. The Morgan fingerprint density at radius 1 is 1.45 bits per heavy atom. The summed E-state index contributed by atoms with van der Waals surface area (Å²) in [6, 6.07) is 0. The largest absolute Gasteiger partial charge is 0.476 e. The van der Waals surface area contributed by atoms with Gasteiger partial charge < -0.3 is 9.84 Å². The van der Waals surface area contributed by atoms with Gasteiger partial charge in [0, 0.05) is 19.6 Å². The molecule has 2 rings (SSSR count). The van der Waals surface area contributed by atoms with Crippen LogP contribution in [0.4, 0.5) is 0 Å². The van der Waals surface area contributed by atoms with E-state index in [-0.39, 0.29) is 18.8 Å². The number of carbonyl (C=O) groups is 1. The van der Waals surface area contributed by atoms with Gasteiger partial charge in [-0.1, -0.05) is 5.21 Å². The second-order valence-electron chi connectivity index (χ2n) is 4.08. The molecule has 1 fully saturated rings. The van der Waals surface area contributed by atoms with Gasteiger partial charge in [-0.2, -0.15) is 12.7 Å². The molecule has 11 heteroatoms. The number of ether oxygens (including phenoxy) is 1. The summed E-state index contributed by atoms with van der Waals surface area (Å²) in [5.74, 6) is -1.18. The van der Waals surface area contributed by atoms with E-state index in [9.17, 15) is 13.2 Å². The van der Waals surface area contributed by atoms with Gasteiger partial charge in [-0.25, -0.2) is 9.52 Å². The zero-order valence-electron chi connectivity index (χ0n) is 10.6. The molecule has 0 radical (unpaired) electrons. The quantitative estimate of drug-likeness (QED) is 0.631. The number of hydrogen-bond donors (Lipinski definition) is 2. The van der Waals surface area contributed by atoms with Crippen molar-refractivity contribution in [3.05, 3.63) is 11.9 Å². The van der Waals surface area contributed by atoms with Gasteiger partial charge in [-0.05, 0) is 0 Å². The van der Waals surface area contributed by atoms with E-state index in [0.29, 0.717) is 26.3 Å². The number of carboxylic acids is 1. The van der Waals surface area contributed by atoms with Crippen LogP contribution in [0.2, 0.25) is 0 Å². The smallest absolute Gasteiger partial charge is 0.358 e. The van der Waals surface area contributed by atoms with E-state index < -0.39 is 16.2 Å². The first-order chi connectivity index (χ1) is 9.49. The predicted octanol–water partition coefficient (Wildman–Crippen LogP) is -1.86. The highest BCUT2D eigenvalue weighted by atomic mass is 32.2. The van der Waals surface area contributed by atoms with Gasteiger partial charge in [-0.15, -0.1) is 5.10 Å². The summed E-state index contributed by atoms with van der Waals surface area (Å²) in [5, 5.41) is 15.7. The first kappa shape index (κ1) is 14.8. The summed E-state index contributed by atoms with van der Waals surface area (Å²) in [5.41, 5.74) is -0.180. The lowest BCUT2D eigenvalue weighted by Crippen LogP contribution is -2.47. The fraction of sp³-hybridized carbons (Fsp3) is 0.667. The fourth-order valence-corrected chi connectivity index (χ4v) is 2.83. The minimum absolute atomic E-state index is 0.0993. The van der Waals surface area contributed by atoms with Crippen molar-refractivity contribution in [1.29, 1.82) is 0 Å². The molecule has 0 spiro atoms. The van der Waals surface area contributed by atoms with Crippen LogP contribution in [-0.4, -0.2) is 71.6 Å². The fourth-order valence-electron chi connectivity index (χ4n) is 1.67. The van der Waals surface area contributed by atoms with Crippen LogP contribution in [0.3, 0.4) is 0 Å². The summed E-state index contributed by atoms with van der Waals surface area (Å²) in [7, 11) is -3.54. The van der Waals surface area contributed by atoms with Crippen molar-refractivity contribution in [3.63, 3.8) is 0 Å². The molecular weight excluding hydrogens is 290 g/mol. The summed E-state index contributed by atoms with van der Waals surface area (Å²) in [4.78, 5) is 10.6. The van der Waals surface area contributed by atoms with Crippen molar-refractivity contribution < 1.29 is 23.1 Å².